The minimum absolute atomic E-state index is 0.0912. The van der Waals surface area contributed by atoms with Crippen molar-refractivity contribution in [1.82, 2.24) is 14.9 Å². The molecule has 0 amide bonds. The Bertz CT molecular complexity index is 837. The molecule has 0 atom stereocenters. The first-order valence-electron chi connectivity index (χ1n) is 10.4. The molecule has 1 aromatic heterocycles. The molecule has 0 unspecified atom stereocenters. The SMILES string of the molecule is CN(C)CCCNc1nc(N)c([N+](=O)[O-])c(N2CCC(Cc3ccccc3)CC2)n1. The molecule has 9 heteroatoms. The second kappa shape index (κ2) is 10.2. The van der Waals surface area contributed by atoms with E-state index in [0.29, 0.717) is 24.2 Å². The van der Waals surface area contributed by atoms with Gasteiger partial charge in [-0.15, -0.1) is 0 Å². The highest BCUT2D eigenvalue weighted by Crippen LogP contribution is 2.34. The summed E-state index contributed by atoms with van der Waals surface area (Å²) in [5.74, 6) is 1.14. The van der Waals surface area contributed by atoms with Crippen molar-refractivity contribution < 1.29 is 4.92 Å². The molecule has 0 radical (unpaired) electrons. The van der Waals surface area contributed by atoms with Crippen molar-refractivity contribution in [2.24, 2.45) is 5.92 Å². The summed E-state index contributed by atoms with van der Waals surface area (Å²) in [7, 11) is 4.03. The molecule has 3 N–H and O–H groups in total. The number of nitrogen functional groups attached to an aromatic ring is 1. The van der Waals surface area contributed by atoms with Gasteiger partial charge in [-0.25, -0.2) is 0 Å². The quantitative estimate of drug-likeness (QED) is 0.366. The Kier molecular flexibility index (Phi) is 7.40. The van der Waals surface area contributed by atoms with E-state index >= 15 is 0 Å². The predicted octanol–water partition coefficient (Wildman–Crippen LogP) is 2.79. The molecule has 0 bridgehead atoms. The van der Waals surface area contributed by atoms with Gasteiger partial charge in [0.1, 0.15) is 0 Å². The third-order valence-corrected chi connectivity index (χ3v) is 5.42. The number of rotatable bonds is 9. The Balaban J connectivity index is 1.68. The zero-order valence-electron chi connectivity index (χ0n) is 17.8. The molecule has 2 aromatic rings. The molecular formula is C21H31N7O2. The highest BCUT2D eigenvalue weighted by Gasteiger charge is 2.30. The van der Waals surface area contributed by atoms with Gasteiger partial charge in [0.25, 0.3) is 0 Å². The fourth-order valence-electron chi connectivity index (χ4n) is 3.83. The highest BCUT2D eigenvalue weighted by molar-refractivity contribution is 5.71. The Hall–Kier alpha value is -2.94. The average Bonchev–Trinajstić information content (AvgIpc) is 2.71. The maximum absolute atomic E-state index is 11.6. The van der Waals surface area contributed by atoms with Gasteiger partial charge in [0, 0.05) is 19.6 Å². The molecule has 2 heterocycles. The van der Waals surface area contributed by atoms with Crippen molar-refractivity contribution >= 4 is 23.3 Å². The molecule has 0 aliphatic carbocycles. The average molecular weight is 414 g/mol. The molecular weight excluding hydrogens is 382 g/mol. The van der Waals surface area contributed by atoms with E-state index in [-0.39, 0.29) is 11.5 Å². The molecule has 1 saturated heterocycles. The van der Waals surface area contributed by atoms with Crippen LogP contribution in [0, 0.1) is 16.0 Å². The Labute approximate surface area is 177 Å². The normalized spacial score (nSPS) is 14.8. The summed E-state index contributed by atoms with van der Waals surface area (Å²) in [4.78, 5) is 23.8. The van der Waals surface area contributed by atoms with E-state index in [2.05, 4.69) is 44.5 Å². The molecule has 0 spiro atoms. The lowest BCUT2D eigenvalue weighted by molar-refractivity contribution is -0.383. The number of hydrogen-bond acceptors (Lipinski definition) is 8. The molecule has 0 saturated carbocycles. The minimum atomic E-state index is -0.476. The number of hydrogen-bond donors (Lipinski definition) is 2. The lowest BCUT2D eigenvalue weighted by Gasteiger charge is -2.32. The van der Waals surface area contributed by atoms with E-state index in [4.69, 9.17) is 5.73 Å². The Morgan fingerprint density at radius 3 is 2.57 bits per heavy atom. The van der Waals surface area contributed by atoms with Crippen LogP contribution in [-0.4, -0.2) is 60.1 Å². The number of benzene rings is 1. The van der Waals surface area contributed by atoms with Gasteiger partial charge in [0.2, 0.25) is 17.6 Å². The zero-order chi connectivity index (χ0) is 21.5. The Morgan fingerprint density at radius 1 is 1.23 bits per heavy atom. The van der Waals surface area contributed by atoms with Gasteiger partial charge in [0.15, 0.2) is 0 Å². The van der Waals surface area contributed by atoms with E-state index in [1.165, 1.54) is 5.56 Å². The Morgan fingerprint density at radius 2 is 1.93 bits per heavy atom. The van der Waals surface area contributed by atoms with Crippen LogP contribution in [-0.2, 0) is 6.42 Å². The lowest BCUT2D eigenvalue weighted by Crippen LogP contribution is -2.35. The summed E-state index contributed by atoms with van der Waals surface area (Å²) in [5.41, 5.74) is 7.08. The van der Waals surface area contributed by atoms with Crippen molar-refractivity contribution in [3.8, 4) is 0 Å². The molecule has 1 aromatic carbocycles. The van der Waals surface area contributed by atoms with Crippen LogP contribution in [0.5, 0.6) is 0 Å². The van der Waals surface area contributed by atoms with Crippen LogP contribution in [0.4, 0.5) is 23.3 Å². The second-order valence-electron chi connectivity index (χ2n) is 8.07. The highest BCUT2D eigenvalue weighted by atomic mass is 16.6. The zero-order valence-corrected chi connectivity index (χ0v) is 17.8. The van der Waals surface area contributed by atoms with Crippen LogP contribution in [0.25, 0.3) is 0 Å². The summed E-state index contributed by atoms with van der Waals surface area (Å²) in [5, 5.41) is 14.8. The van der Waals surface area contributed by atoms with Crippen LogP contribution < -0.4 is 16.0 Å². The van der Waals surface area contributed by atoms with Gasteiger partial charge in [-0.2, -0.15) is 9.97 Å². The van der Waals surface area contributed by atoms with Crippen molar-refractivity contribution in [2.75, 3.05) is 56.2 Å². The van der Waals surface area contributed by atoms with E-state index < -0.39 is 4.92 Å². The monoisotopic (exact) mass is 413 g/mol. The topological polar surface area (TPSA) is 113 Å². The van der Waals surface area contributed by atoms with E-state index in [0.717, 1.165) is 45.3 Å². The van der Waals surface area contributed by atoms with E-state index in [9.17, 15) is 10.1 Å². The van der Waals surface area contributed by atoms with Gasteiger partial charge in [-0.05, 0) is 57.8 Å². The van der Waals surface area contributed by atoms with Gasteiger partial charge >= 0.3 is 5.69 Å². The van der Waals surface area contributed by atoms with Crippen LogP contribution >= 0.6 is 0 Å². The summed E-state index contributed by atoms with van der Waals surface area (Å²) in [6.45, 7) is 3.04. The first-order chi connectivity index (χ1) is 14.4. The predicted molar refractivity (Wildman–Crippen MR) is 120 cm³/mol. The second-order valence-corrected chi connectivity index (χ2v) is 8.07. The summed E-state index contributed by atoms with van der Waals surface area (Å²) >= 11 is 0. The number of nitrogens with two attached hydrogens (primary N) is 1. The number of anilines is 3. The van der Waals surface area contributed by atoms with Crippen molar-refractivity contribution in [3.63, 3.8) is 0 Å². The number of aromatic nitrogens is 2. The fraction of sp³-hybridized carbons (Fsp3) is 0.524. The van der Waals surface area contributed by atoms with Crippen LogP contribution in [0.2, 0.25) is 0 Å². The third-order valence-electron chi connectivity index (χ3n) is 5.42. The number of piperidine rings is 1. The van der Waals surface area contributed by atoms with Crippen molar-refractivity contribution in [2.45, 2.75) is 25.7 Å². The molecule has 30 heavy (non-hydrogen) atoms. The fourth-order valence-corrected chi connectivity index (χ4v) is 3.83. The molecule has 1 fully saturated rings. The van der Waals surface area contributed by atoms with Crippen LogP contribution in [0.3, 0.4) is 0 Å². The van der Waals surface area contributed by atoms with Gasteiger partial charge < -0.3 is 20.9 Å². The van der Waals surface area contributed by atoms with Crippen LogP contribution in [0.1, 0.15) is 24.8 Å². The van der Waals surface area contributed by atoms with Crippen LogP contribution in [0.15, 0.2) is 30.3 Å². The molecule has 3 rings (SSSR count). The summed E-state index contributed by atoms with van der Waals surface area (Å²) in [6.07, 6.45) is 3.86. The molecule has 1 aliphatic heterocycles. The number of nitrogens with zero attached hydrogens (tertiary/aromatic N) is 5. The standard InChI is InChI=1S/C21H31N7O2/c1-26(2)12-6-11-23-21-24-19(22)18(28(29)30)20(25-21)27-13-9-17(10-14-27)15-16-7-4-3-5-8-16/h3-5,7-8,17H,6,9-15H2,1-2H3,(H3,22,23,24,25). The van der Waals surface area contributed by atoms with E-state index in [1.54, 1.807) is 0 Å². The first-order valence-corrected chi connectivity index (χ1v) is 10.4. The van der Waals surface area contributed by atoms with Gasteiger partial charge in [-0.1, -0.05) is 30.3 Å². The molecule has 162 valence electrons. The number of nitrogens with one attached hydrogen (secondary N) is 1. The smallest absolute Gasteiger partial charge is 0.353 e. The van der Waals surface area contributed by atoms with E-state index in [1.807, 2.05) is 25.1 Å². The molecule has 9 nitrogen and oxygen atoms in total. The van der Waals surface area contributed by atoms with Crippen molar-refractivity contribution in [1.29, 1.82) is 0 Å². The lowest BCUT2D eigenvalue weighted by atomic mass is 9.90. The van der Waals surface area contributed by atoms with Crippen molar-refractivity contribution in [3.05, 3.63) is 46.0 Å². The summed E-state index contributed by atoms with van der Waals surface area (Å²) in [6, 6.07) is 10.4. The summed E-state index contributed by atoms with van der Waals surface area (Å²) < 4.78 is 0. The molecule has 1 aliphatic rings. The van der Waals surface area contributed by atoms with Gasteiger partial charge in [-0.3, -0.25) is 10.1 Å². The maximum Gasteiger partial charge on any atom is 0.353 e. The third kappa shape index (κ3) is 5.79. The number of nitro groups is 1. The maximum atomic E-state index is 11.6. The van der Waals surface area contributed by atoms with Gasteiger partial charge in [0.05, 0.1) is 4.92 Å². The minimum Gasteiger partial charge on any atom is -0.378 e. The largest absolute Gasteiger partial charge is 0.378 e. The first kappa shape index (κ1) is 21.8.